The molecule has 3 heteroatoms. The number of nitrogens with zero attached hydrogens (tertiary/aromatic N) is 1. The van der Waals surface area contributed by atoms with Gasteiger partial charge in [-0.25, -0.2) is 4.39 Å². The number of hydrogen-bond donors (Lipinski definition) is 0. The number of rotatable bonds is 5. The zero-order chi connectivity index (χ0) is 9.52. The minimum Gasteiger partial charge on any atom is -0.684 e. The van der Waals surface area contributed by atoms with E-state index in [1.165, 1.54) is 12.1 Å². The Kier molecular flexibility index (Phi) is 8.82. The summed E-state index contributed by atoms with van der Waals surface area (Å²) in [6, 6.07) is 6.21. The van der Waals surface area contributed by atoms with Gasteiger partial charge in [0.1, 0.15) is 5.82 Å². The van der Waals surface area contributed by atoms with Gasteiger partial charge < -0.3 is 5.32 Å². The number of halogens is 1. The third-order valence-corrected chi connectivity index (χ3v) is 1.69. The first-order valence-corrected chi connectivity index (χ1v) is 4.37. The van der Waals surface area contributed by atoms with Crippen LogP contribution in [-0.4, -0.2) is 6.54 Å². The molecule has 1 aromatic carbocycles. The van der Waals surface area contributed by atoms with Crippen LogP contribution in [0, 0.1) is 5.82 Å². The van der Waals surface area contributed by atoms with E-state index in [-0.39, 0.29) is 57.2 Å². The molecule has 0 aliphatic rings. The van der Waals surface area contributed by atoms with E-state index in [0.717, 1.165) is 25.1 Å². The van der Waals surface area contributed by atoms with Gasteiger partial charge >= 0.3 is 51.4 Å². The van der Waals surface area contributed by atoms with Crippen LogP contribution in [0.2, 0.25) is 0 Å². The molecule has 0 fully saturated rings. The van der Waals surface area contributed by atoms with Gasteiger partial charge in [0.25, 0.3) is 0 Å². The van der Waals surface area contributed by atoms with Crippen molar-refractivity contribution in [3.63, 3.8) is 0 Å². The van der Waals surface area contributed by atoms with Gasteiger partial charge in [-0.3, -0.25) is 0 Å². The second kappa shape index (κ2) is 8.62. The second-order valence-electron chi connectivity index (χ2n) is 2.79. The van der Waals surface area contributed by atoms with Crippen LogP contribution >= 0.6 is 0 Å². The van der Waals surface area contributed by atoms with Crippen LogP contribution in [0.4, 0.5) is 10.1 Å². The maximum atomic E-state index is 12.5. The molecular formula is C11H13FKN. The summed E-state index contributed by atoms with van der Waals surface area (Å²) >= 11 is 0. The number of benzene rings is 1. The molecule has 0 bridgehead atoms. The average molecular weight is 217 g/mol. The number of allylic oxidation sites excluding steroid dienone is 1. The maximum Gasteiger partial charge on any atom is 1.00 e. The Balaban J connectivity index is 0.00000169. The predicted molar refractivity (Wildman–Crippen MR) is 53.7 cm³/mol. The average Bonchev–Trinajstić information content (AvgIpc) is 2.15. The quantitative estimate of drug-likeness (QED) is 0.393. The molecule has 0 amide bonds. The molecule has 0 unspecified atom stereocenters. The summed E-state index contributed by atoms with van der Waals surface area (Å²) in [6.45, 7) is 4.40. The summed E-state index contributed by atoms with van der Waals surface area (Å²) < 4.78 is 12.5. The molecule has 0 aliphatic carbocycles. The van der Waals surface area contributed by atoms with Crippen molar-refractivity contribution in [2.75, 3.05) is 6.54 Å². The Morgan fingerprint density at radius 2 is 1.93 bits per heavy atom. The van der Waals surface area contributed by atoms with E-state index in [0.29, 0.717) is 0 Å². The van der Waals surface area contributed by atoms with Crippen molar-refractivity contribution < 1.29 is 55.8 Å². The van der Waals surface area contributed by atoms with Crippen LogP contribution < -0.4 is 51.4 Å². The van der Waals surface area contributed by atoms with E-state index in [2.05, 4.69) is 11.9 Å². The summed E-state index contributed by atoms with van der Waals surface area (Å²) in [4.78, 5) is 0. The molecule has 0 saturated heterocycles. The summed E-state index contributed by atoms with van der Waals surface area (Å²) in [6.07, 6.45) is 3.85. The number of unbranched alkanes of at least 4 members (excludes halogenated alkanes) is 1. The Hall–Kier alpha value is 0.326. The second-order valence-corrected chi connectivity index (χ2v) is 2.79. The van der Waals surface area contributed by atoms with Crippen LogP contribution in [0.1, 0.15) is 12.8 Å². The summed E-state index contributed by atoms with van der Waals surface area (Å²) in [5.41, 5.74) is 0.838. The Labute approximate surface area is 127 Å². The van der Waals surface area contributed by atoms with Gasteiger partial charge in [-0.15, -0.1) is 18.8 Å². The van der Waals surface area contributed by atoms with E-state index < -0.39 is 0 Å². The molecule has 0 aliphatic heterocycles. The molecule has 70 valence electrons. The standard InChI is InChI=1S/C11H13FN.K/c1-2-3-4-9-13-11-7-5-10(12)6-8-11;/h2,5-8H,1,3-4,9H2;/q-1;+1. The summed E-state index contributed by atoms with van der Waals surface area (Å²) in [5.74, 6) is -0.218. The largest absolute Gasteiger partial charge is 1.00 e. The third-order valence-electron chi connectivity index (χ3n) is 1.69. The van der Waals surface area contributed by atoms with Gasteiger partial charge in [-0.1, -0.05) is 24.6 Å². The zero-order valence-electron chi connectivity index (χ0n) is 8.54. The molecule has 0 aromatic heterocycles. The Morgan fingerprint density at radius 3 is 2.50 bits per heavy atom. The predicted octanol–water partition coefficient (Wildman–Crippen LogP) is 0.801. The monoisotopic (exact) mass is 217 g/mol. The van der Waals surface area contributed by atoms with E-state index in [1.807, 2.05) is 6.08 Å². The smallest absolute Gasteiger partial charge is 0.684 e. The van der Waals surface area contributed by atoms with Gasteiger partial charge in [0.15, 0.2) is 0 Å². The van der Waals surface area contributed by atoms with Gasteiger partial charge in [-0.2, -0.15) is 0 Å². The van der Waals surface area contributed by atoms with E-state index in [9.17, 15) is 4.39 Å². The molecule has 0 saturated carbocycles. The molecule has 14 heavy (non-hydrogen) atoms. The molecule has 1 nitrogen and oxygen atoms in total. The van der Waals surface area contributed by atoms with Gasteiger partial charge in [0, 0.05) is 0 Å². The fourth-order valence-electron chi connectivity index (χ4n) is 0.990. The fraction of sp³-hybridized carbons (Fsp3) is 0.273. The molecule has 0 heterocycles. The van der Waals surface area contributed by atoms with Crippen molar-refractivity contribution in [2.45, 2.75) is 12.8 Å². The number of hydrogen-bond acceptors (Lipinski definition) is 0. The van der Waals surface area contributed by atoms with Crippen LogP contribution in [-0.2, 0) is 0 Å². The molecule has 0 atom stereocenters. The van der Waals surface area contributed by atoms with E-state index >= 15 is 0 Å². The van der Waals surface area contributed by atoms with Crippen LogP contribution in [0.25, 0.3) is 5.32 Å². The first-order chi connectivity index (χ1) is 6.33. The van der Waals surface area contributed by atoms with E-state index in [1.54, 1.807) is 12.1 Å². The van der Waals surface area contributed by atoms with Crippen LogP contribution in [0.5, 0.6) is 0 Å². The first kappa shape index (κ1) is 14.3. The fourth-order valence-corrected chi connectivity index (χ4v) is 0.990. The van der Waals surface area contributed by atoms with Gasteiger partial charge in [0.05, 0.1) is 0 Å². The first-order valence-electron chi connectivity index (χ1n) is 4.37. The molecule has 0 N–H and O–H groups in total. The van der Waals surface area contributed by atoms with Crippen LogP contribution in [0.3, 0.4) is 0 Å². The van der Waals surface area contributed by atoms with Gasteiger partial charge in [0.2, 0.25) is 0 Å². The van der Waals surface area contributed by atoms with Crippen molar-refractivity contribution >= 4 is 5.69 Å². The van der Waals surface area contributed by atoms with Crippen LogP contribution in [0.15, 0.2) is 36.9 Å². The molecule has 1 rings (SSSR count). The summed E-state index contributed by atoms with van der Waals surface area (Å²) in [7, 11) is 0. The zero-order valence-corrected chi connectivity index (χ0v) is 11.7. The topological polar surface area (TPSA) is 14.1 Å². The van der Waals surface area contributed by atoms with Crippen molar-refractivity contribution in [1.29, 1.82) is 0 Å². The van der Waals surface area contributed by atoms with Crippen molar-refractivity contribution in [3.05, 3.63) is 48.1 Å². The van der Waals surface area contributed by atoms with Crippen molar-refractivity contribution in [2.24, 2.45) is 0 Å². The molecule has 1 aromatic rings. The Morgan fingerprint density at radius 1 is 1.29 bits per heavy atom. The van der Waals surface area contributed by atoms with E-state index in [4.69, 9.17) is 0 Å². The third kappa shape index (κ3) is 5.93. The molecule has 0 radical (unpaired) electrons. The molecule has 0 spiro atoms. The van der Waals surface area contributed by atoms with Crippen molar-refractivity contribution in [3.8, 4) is 0 Å². The SMILES string of the molecule is C=CCCC[N-]c1ccc(F)cc1.[K+]. The normalized spacial score (nSPS) is 8.93. The summed E-state index contributed by atoms with van der Waals surface area (Å²) in [5, 5.41) is 4.27. The molecular weight excluding hydrogens is 204 g/mol. The minimum atomic E-state index is -0.218. The van der Waals surface area contributed by atoms with Gasteiger partial charge in [-0.05, 0) is 18.6 Å². The maximum absolute atomic E-state index is 12.5. The Bertz CT molecular complexity index is 258. The minimum absolute atomic E-state index is 0. The van der Waals surface area contributed by atoms with Crippen molar-refractivity contribution in [1.82, 2.24) is 0 Å².